The third kappa shape index (κ3) is 5.14. The van der Waals surface area contributed by atoms with Crippen LogP contribution in [0, 0.1) is 10.1 Å². The molecule has 0 spiro atoms. The van der Waals surface area contributed by atoms with Gasteiger partial charge >= 0.3 is 6.03 Å². The number of nitrogens with one attached hydrogen (secondary N) is 2. The van der Waals surface area contributed by atoms with Crippen LogP contribution in [0.4, 0.5) is 10.5 Å². The number of hydrogen-bond donors (Lipinski definition) is 2. The highest BCUT2D eigenvalue weighted by atomic mass is 79.9. The summed E-state index contributed by atoms with van der Waals surface area (Å²) in [5.74, 6) is 0. The van der Waals surface area contributed by atoms with Crippen molar-refractivity contribution in [1.82, 2.24) is 15.5 Å². The molecule has 8 heteroatoms. The van der Waals surface area contributed by atoms with Crippen molar-refractivity contribution in [2.45, 2.75) is 6.54 Å². The second kappa shape index (κ2) is 7.81. The van der Waals surface area contributed by atoms with E-state index in [0.717, 1.165) is 4.47 Å². The van der Waals surface area contributed by atoms with Gasteiger partial charge in [-0.05, 0) is 12.1 Å². The monoisotopic (exact) mass is 344 g/mol. The normalized spacial score (nSPS) is 10.2. The van der Waals surface area contributed by atoms with E-state index in [1.165, 1.54) is 11.0 Å². The molecule has 0 unspecified atom stereocenters. The summed E-state index contributed by atoms with van der Waals surface area (Å²) in [5.41, 5.74) is 0.682. The predicted octanol–water partition coefficient (Wildman–Crippen LogP) is 1.72. The number of amides is 2. The minimum absolute atomic E-state index is 0.0815. The van der Waals surface area contributed by atoms with E-state index in [2.05, 4.69) is 26.6 Å². The average Bonchev–Trinajstić information content (AvgIpc) is 2.37. The molecule has 0 aromatic heterocycles. The first-order chi connectivity index (χ1) is 9.41. The highest BCUT2D eigenvalue weighted by Gasteiger charge is 2.13. The van der Waals surface area contributed by atoms with Crippen molar-refractivity contribution >= 4 is 27.6 Å². The van der Waals surface area contributed by atoms with E-state index in [-0.39, 0.29) is 11.7 Å². The van der Waals surface area contributed by atoms with Crippen molar-refractivity contribution in [3.8, 4) is 0 Å². The molecular formula is C12H17BrN4O3. The Labute approximate surface area is 125 Å². The molecule has 0 radical (unpaired) electrons. The Morgan fingerprint density at radius 1 is 1.40 bits per heavy atom. The van der Waals surface area contributed by atoms with E-state index >= 15 is 0 Å². The lowest BCUT2D eigenvalue weighted by molar-refractivity contribution is -0.385. The zero-order valence-electron chi connectivity index (χ0n) is 11.4. The molecule has 0 aliphatic carbocycles. The molecule has 0 aliphatic rings. The van der Waals surface area contributed by atoms with Crippen molar-refractivity contribution in [1.29, 1.82) is 0 Å². The second-order valence-corrected chi connectivity index (χ2v) is 5.25. The largest absolute Gasteiger partial charge is 0.337 e. The summed E-state index contributed by atoms with van der Waals surface area (Å²) in [6, 6.07) is 4.65. The predicted molar refractivity (Wildman–Crippen MR) is 79.6 cm³/mol. The Balaban J connectivity index is 2.44. The van der Waals surface area contributed by atoms with Crippen LogP contribution in [0.15, 0.2) is 22.7 Å². The fraction of sp³-hybridized carbons (Fsp3) is 0.417. The number of benzene rings is 1. The number of carbonyl (C=O) groups excluding carboxylic acids is 1. The quantitative estimate of drug-likeness (QED) is 0.467. The van der Waals surface area contributed by atoms with Crippen LogP contribution in [0.1, 0.15) is 5.56 Å². The average molecular weight is 345 g/mol. The van der Waals surface area contributed by atoms with Crippen molar-refractivity contribution in [3.63, 3.8) is 0 Å². The van der Waals surface area contributed by atoms with Crippen LogP contribution in [0.5, 0.6) is 0 Å². The molecule has 0 atom stereocenters. The Morgan fingerprint density at radius 3 is 2.70 bits per heavy atom. The number of urea groups is 1. The first kappa shape index (κ1) is 16.4. The van der Waals surface area contributed by atoms with Crippen LogP contribution in [0.3, 0.4) is 0 Å². The molecule has 1 aromatic rings. The molecule has 110 valence electrons. The molecule has 0 saturated heterocycles. The van der Waals surface area contributed by atoms with E-state index in [1.807, 2.05) is 0 Å². The lowest BCUT2D eigenvalue weighted by Crippen LogP contribution is -2.38. The van der Waals surface area contributed by atoms with Gasteiger partial charge < -0.3 is 15.5 Å². The third-order valence-electron chi connectivity index (χ3n) is 2.54. The fourth-order valence-corrected chi connectivity index (χ4v) is 1.92. The molecule has 0 bridgehead atoms. The first-order valence-electron chi connectivity index (χ1n) is 6.00. The maximum Gasteiger partial charge on any atom is 0.316 e. The van der Waals surface area contributed by atoms with Crippen molar-refractivity contribution in [3.05, 3.63) is 38.3 Å². The summed E-state index contributed by atoms with van der Waals surface area (Å²) in [6.07, 6.45) is 0. The number of nitrogens with zero attached hydrogens (tertiary/aromatic N) is 2. The number of nitro benzene ring substituents is 1. The van der Waals surface area contributed by atoms with Gasteiger partial charge in [-0.15, -0.1) is 0 Å². The van der Waals surface area contributed by atoms with Gasteiger partial charge in [0.25, 0.3) is 5.69 Å². The molecule has 0 saturated carbocycles. The SMILES string of the molecule is CN(C)C(=O)NCCNCc1cc(Br)ccc1[N+](=O)[O-]. The second-order valence-electron chi connectivity index (χ2n) is 4.33. The lowest BCUT2D eigenvalue weighted by atomic mass is 10.2. The fourth-order valence-electron chi connectivity index (χ4n) is 1.51. The van der Waals surface area contributed by atoms with Crippen molar-refractivity contribution < 1.29 is 9.72 Å². The van der Waals surface area contributed by atoms with Crippen LogP contribution in [-0.2, 0) is 6.54 Å². The minimum atomic E-state index is -0.405. The van der Waals surface area contributed by atoms with Gasteiger partial charge in [-0.2, -0.15) is 0 Å². The third-order valence-corrected chi connectivity index (χ3v) is 3.03. The molecule has 1 rings (SSSR count). The smallest absolute Gasteiger partial charge is 0.316 e. The van der Waals surface area contributed by atoms with E-state index in [4.69, 9.17) is 0 Å². The Morgan fingerprint density at radius 2 is 2.10 bits per heavy atom. The maximum absolute atomic E-state index is 11.3. The number of halogens is 1. The molecule has 2 amide bonds. The summed E-state index contributed by atoms with van der Waals surface area (Å²) in [5, 5.41) is 16.6. The van der Waals surface area contributed by atoms with Gasteiger partial charge in [-0.1, -0.05) is 15.9 Å². The number of nitro groups is 1. The maximum atomic E-state index is 11.3. The van der Waals surface area contributed by atoms with Crippen molar-refractivity contribution in [2.24, 2.45) is 0 Å². The Kier molecular flexibility index (Phi) is 6.40. The van der Waals surface area contributed by atoms with Crippen LogP contribution in [0.2, 0.25) is 0 Å². The standard InChI is InChI=1S/C12H17BrN4O3/c1-16(2)12(18)15-6-5-14-8-9-7-10(13)3-4-11(9)17(19)20/h3-4,7,14H,5-6,8H2,1-2H3,(H,15,18). The van der Waals surface area contributed by atoms with Gasteiger partial charge in [0.15, 0.2) is 0 Å². The van der Waals surface area contributed by atoms with Crippen LogP contribution in [0.25, 0.3) is 0 Å². The highest BCUT2D eigenvalue weighted by molar-refractivity contribution is 9.10. The first-order valence-corrected chi connectivity index (χ1v) is 6.80. The highest BCUT2D eigenvalue weighted by Crippen LogP contribution is 2.22. The minimum Gasteiger partial charge on any atom is -0.337 e. The summed E-state index contributed by atoms with van der Waals surface area (Å²) in [7, 11) is 3.32. The van der Waals surface area contributed by atoms with E-state index < -0.39 is 4.92 Å². The molecule has 7 nitrogen and oxygen atoms in total. The van der Waals surface area contributed by atoms with Gasteiger partial charge in [0.05, 0.1) is 4.92 Å². The number of rotatable bonds is 6. The Hall–Kier alpha value is -1.67. The van der Waals surface area contributed by atoms with Crippen LogP contribution < -0.4 is 10.6 Å². The topological polar surface area (TPSA) is 87.5 Å². The van der Waals surface area contributed by atoms with Gasteiger partial charge in [0, 0.05) is 49.8 Å². The Bertz CT molecular complexity index is 494. The molecule has 2 N–H and O–H groups in total. The van der Waals surface area contributed by atoms with E-state index in [9.17, 15) is 14.9 Å². The molecular weight excluding hydrogens is 328 g/mol. The van der Waals surface area contributed by atoms with Gasteiger partial charge in [-0.3, -0.25) is 10.1 Å². The lowest BCUT2D eigenvalue weighted by Gasteiger charge is -2.12. The zero-order valence-corrected chi connectivity index (χ0v) is 12.9. The molecule has 20 heavy (non-hydrogen) atoms. The van der Waals surface area contributed by atoms with Gasteiger partial charge in [-0.25, -0.2) is 4.79 Å². The molecule has 0 aliphatic heterocycles. The molecule has 0 heterocycles. The summed E-state index contributed by atoms with van der Waals surface area (Å²) >= 11 is 3.29. The zero-order chi connectivity index (χ0) is 15.1. The summed E-state index contributed by atoms with van der Waals surface area (Å²) in [4.78, 5) is 23.2. The van der Waals surface area contributed by atoms with Gasteiger partial charge in [0.2, 0.25) is 0 Å². The molecule has 0 fully saturated rings. The number of carbonyl (C=O) groups is 1. The summed E-state index contributed by atoms with van der Waals surface area (Å²) < 4.78 is 0.792. The van der Waals surface area contributed by atoms with Crippen LogP contribution in [-0.4, -0.2) is 43.0 Å². The summed E-state index contributed by atoms with van der Waals surface area (Å²) in [6.45, 7) is 1.36. The van der Waals surface area contributed by atoms with Gasteiger partial charge in [0.1, 0.15) is 0 Å². The molecule has 1 aromatic carbocycles. The number of hydrogen-bond acceptors (Lipinski definition) is 4. The van der Waals surface area contributed by atoms with E-state index in [1.54, 1.807) is 26.2 Å². The van der Waals surface area contributed by atoms with Crippen molar-refractivity contribution in [2.75, 3.05) is 27.2 Å². The van der Waals surface area contributed by atoms with Crippen LogP contribution >= 0.6 is 15.9 Å². The van der Waals surface area contributed by atoms with E-state index in [0.29, 0.717) is 25.2 Å².